The van der Waals surface area contributed by atoms with Gasteiger partial charge in [-0.2, -0.15) is 18.3 Å². The standard InChI is InChI=1S/C18H22F3N5O.ClH/c1-10(2)16-13(17(27)24-9-14(22)11-3-4-11)8-25-26(16)15-6-5-12(7-23-15)18(19,20)21;/h5-8,10-11,14H,3-4,9,22H2,1-2H3,(H,24,27);1H. The minimum atomic E-state index is -4.46. The monoisotopic (exact) mass is 417 g/mol. The van der Waals surface area contributed by atoms with Gasteiger partial charge in [-0.05, 0) is 36.8 Å². The third kappa shape index (κ3) is 4.82. The Hall–Kier alpha value is -2.13. The van der Waals surface area contributed by atoms with Gasteiger partial charge in [-0.15, -0.1) is 12.4 Å². The van der Waals surface area contributed by atoms with E-state index in [1.807, 2.05) is 13.8 Å². The lowest BCUT2D eigenvalue weighted by Gasteiger charge is -2.14. The lowest BCUT2D eigenvalue weighted by atomic mass is 10.1. The molecule has 2 aromatic heterocycles. The van der Waals surface area contributed by atoms with E-state index in [1.165, 1.54) is 16.9 Å². The van der Waals surface area contributed by atoms with Gasteiger partial charge in [0.25, 0.3) is 5.91 Å². The van der Waals surface area contributed by atoms with Crippen LogP contribution in [0.15, 0.2) is 24.5 Å². The number of rotatable bonds is 6. The summed E-state index contributed by atoms with van der Waals surface area (Å²) in [6.07, 6.45) is -0.109. The second kappa shape index (κ2) is 8.48. The van der Waals surface area contributed by atoms with Gasteiger partial charge in [0.1, 0.15) is 0 Å². The van der Waals surface area contributed by atoms with Crippen molar-refractivity contribution in [3.8, 4) is 5.82 Å². The summed E-state index contributed by atoms with van der Waals surface area (Å²) in [5.74, 6) is 0.303. The van der Waals surface area contributed by atoms with Crippen LogP contribution in [0.3, 0.4) is 0 Å². The van der Waals surface area contributed by atoms with Crippen LogP contribution in [0.5, 0.6) is 0 Å². The highest BCUT2D eigenvalue weighted by Gasteiger charge is 2.31. The second-order valence-corrected chi connectivity index (χ2v) is 7.12. The Morgan fingerprint density at radius 2 is 2.00 bits per heavy atom. The maximum absolute atomic E-state index is 12.7. The summed E-state index contributed by atoms with van der Waals surface area (Å²) >= 11 is 0. The average molecular weight is 418 g/mol. The minimum absolute atomic E-state index is 0. The number of nitrogens with zero attached hydrogens (tertiary/aromatic N) is 3. The molecule has 1 atom stereocenters. The number of pyridine rings is 1. The van der Waals surface area contributed by atoms with Gasteiger partial charge in [0.15, 0.2) is 5.82 Å². The van der Waals surface area contributed by atoms with E-state index in [0.29, 0.717) is 23.7 Å². The lowest BCUT2D eigenvalue weighted by Crippen LogP contribution is -2.38. The molecule has 2 aromatic rings. The van der Waals surface area contributed by atoms with Crippen molar-refractivity contribution >= 4 is 18.3 Å². The normalized spacial score (nSPS) is 15.2. The average Bonchev–Trinajstić information content (AvgIpc) is 3.36. The first-order chi connectivity index (χ1) is 12.7. The molecule has 0 aliphatic heterocycles. The first-order valence-corrected chi connectivity index (χ1v) is 8.83. The van der Waals surface area contributed by atoms with Gasteiger partial charge in [0.05, 0.1) is 23.0 Å². The van der Waals surface area contributed by atoms with E-state index in [0.717, 1.165) is 25.1 Å². The molecular weight excluding hydrogens is 395 g/mol. The number of nitrogens with one attached hydrogen (secondary N) is 1. The first-order valence-electron chi connectivity index (χ1n) is 8.83. The zero-order valence-electron chi connectivity index (χ0n) is 15.5. The molecule has 154 valence electrons. The summed E-state index contributed by atoms with van der Waals surface area (Å²) in [7, 11) is 0. The van der Waals surface area contributed by atoms with Crippen LogP contribution in [-0.4, -0.2) is 33.3 Å². The van der Waals surface area contributed by atoms with Gasteiger partial charge in [-0.1, -0.05) is 13.8 Å². The summed E-state index contributed by atoms with van der Waals surface area (Å²) < 4.78 is 39.6. The van der Waals surface area contributed by atoms with Crippen molar-refractivity contribution in [2.45, 2.75) is 44.8 Å². The SMILES string of the molecule is CC(C)c1c(C(=O)NCC(N)C2CC2)cnn1-c1ccc(C(F)(F)F)cn1.Cl. The molecule has 1 aliphatic rings. The van der Waals surface area contributed by atoms with Crippen molar-refractivity contribution in [1.82, 2.24) is 20.1 Å². The quantitative estimate of drug-likeness (QED) is 0.755. The number of nitrogens with two attached hydrogens (primary N) is 1. The fourth-order valence-corrected chi connectivity index (χ4v) is 2.95. The largest absolute Gasteiger partial charge is 0.417 e. The number of alkyl halides is 3. The predicted molar refractivity (Wildman–Crippen MR) is 101 cm³/mol. The van der Waals surface area contributed by atoms with Gasteiger partial charge in [-0.3, -0.25) is 4.79 Å². The molecule has 10 heteroatoms. The maximum atomic E-state index is 12.7. The molecular formula is C18H23ClF3N5O. The van der Waals surface area contributed by atoms with E-state index in [2.05, 4.69) is 15.4 Å². The van der Waals surface area contributed by atoms with Crippen LogP contribution in [0.1, 0.15) is 54.2 Å². The van der Waals surface area contributed by atoms with Crippen molar-refractivity contribution in [2.24, 2.45) is 11.7 Å². The predicted octanol–water partition coefficient (Wildman–Crippen LogP) is 3.30. The van der Waals surface area contributed by atoms with E-state index >= 15 is 0 Å². The topological polar surface area (TPSA) is 85.8 Å². The molecule has 2 heterocycles. The second-order valence-electron chi connectivity index (χ2n) is 7.12. The molecule has 1 amide bonds. The van der Waals surface area contributed by atoms with Crippen LogP contribution < -0.4 is 11.1 Å². The third-order valence-corrected chi connectivity index (χ3v) is 4.62. The van der Waals surface area contributed by atoms with Crippen molar-refractivity contribution < 1.29 is 18.0 Å². The van der Waals surface area contributed by atoms with E-state index in [9.17, 15) is 18.0 Å². The Morgan fingerprint density at radius 1 is 1.32 bits per heavy atom. The number of hydrogen-bond donors (Lipinski definition) is 2. The molecule has 3 rings (SSSR count). The van der Waals surface area contributed by atoms with E-state index in [-0.39, 0.29) is 36.1 Å². The Morgan fingerprint density at radius 3 is 2.50 bits per heavy atom. The summed E-state index contributed by atoms with van der Waals surface area (Å²) in [6.45, 7) is 4.14. The van der Waals surface area contributed by atoms with Crippen molar-refractivity contribution in [1.29, 1.82) is 0 Å². The number of aromatic nitrogens is 3. The molecule has 6 nitrogen and oxygen atoms in total. The zero-order valence-corrected chi connectivity index (χ0v) is 16.3. The van der Waals surface area contributed by atoms with Crippen LogP contribution >= 0.6 is 12.4 Å². The maximum Gasteiger partial charge on any atom is 0.417 e. The fourth-order valence-electron chi connectivity index (χ4n) is 2.95. The highest BCUT2D eigenvalue weighted by atomic mass is 35.5. The van der Waals surface area contributed by atoms with Crippen molar-refractivity contribution in [3.05, 3.63) is 41.3 Å². The van der Waals surface area contributed by atoms with E-state index < -0.39 is 11.7 Å². The van der Waals surface area contributed by atoms with Gasteiger partial charge >= 0.3 is 6.18 Å². The van der Waals surface area contributed by atoms with Gasteiger partial charge < -0.3 is 11.1 Å². The molecule has 1 unspecified atom stereocenters. The smallest absolute Gasteiger partial charge is 0.350 e. The number of halogens is 4. The lowest BCUT2D eigenvalue weighted by molar-refractivity contribution is -0.137. The van der Waals surface area contributed by atoms with E-state index in [4.69, 9.17) is 5.73 Å². The third-order valence-electron chi connectivity index (χ3n) is 4.62. The van der Waals surface area contributed by atoms with Crippen molar-refractivity contribution in [3.63, 3.8) is 0 Å². The van der Waals surface area contributed by atoms with Crippen LogP contribution in [-0.2, 0) is 6.18 Å². The molecule has 1 fully saturated rings. The molecule has 0 radical (unpaired) electrons. The highest BCUT2D eigenvalue weighted by molar-refractivity contribution is 5.95. The molecule has 0 saturated heterocycles. The van der Waals surface area contributed by atoms with Crippen LogP contribution in [0, 0.1) is 5.92 Å². The van der Waals surface area contributed by atoms with E-state index in [1.54, 1.807) is 0 Å². The molecule has 0 aromatic carbocycles. The Bertz CT molecular complexity index is 816. The zero-order chi connectivity index (χ0) is 19.8. The van der Waals surface area contributed by atoms with Crippen LogP contribution in [0.2, 0.25) is 0 Å². The summed E-state index contributed by atoms with van der Waals surface area (Å²) in [5, 5.41) is 7.00. The number of amides is 1. The fraction of sp³-hybridized carbons (Fsp3) is 0.500. The first kappa shape index (κ1) is 22.2. The van der Waals surface area contributed by atoms with Gasteiger partial charge in [0.2, 0.25) is 0 Å². The Labute approximate surface area is 167 Å². The molecule has 0 bridgehead atoms. The van der Waals surface area contributed by atoms with Gasteiger partial charge in [0, 0.05) is 18.8 Å². The number of carbonyl (C=O) groups excluding carboxylic acids is 1. The van der Waals surface area contributed by atoms with Crippen molar-refractivity contribution in [2.75, 3.05) is 6.54 Å². The molecule has 1 aliphatic carbocycles. The molecule has 28 heavy (non-hydrogen) atoms. The summed E-state index contributed by atoms with van der Waals surface area (Å²) in [6, 6.07) is 2.12. The van der Waals surface area contributed by atoms with Gasteiger partial charge in [-0.25, -0.2) is 9.67 Å². The number of hydrogen-bond acceptors (Lipinski definition) is 4. The number of carbonyl (C=O) groups is 1. The highest BCUT2D eigenvalue weighted by Crippen LogP contribution is 2.31. The summed E-state index contributed by atoms with van der Waals surface area (Å²) in [4.78, 5) is 16.4. The van der Waals surface area contributed by atoms with Crippen LogP contribution in [0.25, 0.3) is 5.82 Å². The Kier molecular flexibility index (Phi) is 6.71. The van der Waals surface area contributed by atoms with Crippen LogP contribution in [0.4, 0.5) is 13.2 Å². The molecule has 3 N–H and O–H groups in total. The summed E-state index contributed by atoms with van der Waals surface area (Å²) in [5.41, 5.74) is 6.13. The Balaban J connectivity index is 0.00000280. The molecule has 0 spiro atoms. The minimum Gasteiger partial charge on any atom is -0.350 e. The molecule has 1 saturated carbocycles.